The monoisotopic (exact) mass is 323 g/mol. The summed E-state index contributed by atoms with van der Waals surface area (Å²) in [4.78, 5) is 14.4. The molecule has 0 aromatic heterocycles. The zero-order valence-electron chi connectivity index (χ0n) is 13.4. The van der Waals surface area contributed by atoms with Crippen LogP contribution in [0.25, 0.3) is 0 Å². The van der Waals surface area contributed by atoms with Crippen molar-refractivity contribution in [3.63, 3.8) is 0 Å². The van der Waals surface area contributed by atoms with Crippen LogP contribution in [0.3, 0.4) is 0 Å². The number of hydrazine groups is 1. The van der Waals surface area contributed by atoms with Crippen molar-refractivity contribution in [2.24, 2.45) is 5.92 Å². The second-order valence-corrected chi connectivity index (χ2v) is 6.52. The number of carbonyl (C=O) groups is 1. The quantitative estimate of drug-likeness (QED) is 0.792. The standard InChI is InChI=1S/C19H21N3O2/c23-18-19(24)16(17(20-21-19)15-9-5-2-6-10-15)13-22(18)12-11-14-7-3-1-4-8-14/h1-10,16-17,20-21,24H,11-13H2. The Hall–Kier alpha value is -2.21. The molecule has 2 aliphatic heterocycles. The fourth-order valence-corrected chi connectivity index (χ4v) is 3.71. The first-order valence-corrected chi connectivity index (χ1v) is 8.32. The molecule has 5 nitrogen and oxygen atoms in total. The zero-order valence-corrected chi connectivity index (χ0v) is 13.4. The summed E-state index contributed by atoms with van der Waals surface area (Å²) in [6, 6.07) is 20.0. The first-order valence-electron chi connectivity index (χ1n) is 8.32. The molecule has 2 saturated heterocycles. The highest BCUT2D eigenvalue weighted by atomic mass is 16.3. The molecule has 0 aliphatic carbocycles. The van der Waals surface area contributed by atoms with E-state index < -0.39 is 5.72 Å². The van der Waals surface area contributed by atoms with Crippen molar-refractivity contribution in [3.8, 4) is 0 Å². The molecule has 0 saturated carbocycles. The van der Waals surface area contributed by atoms with Crippen LogP contribution in [0.4, 0.5) is 0 Å². The molecule has 0 spiro atoms. The maximum Gasteiger partial charge on any atom is 0.271 e. The molecule has 2 aromatic carbocycles. The molecule has 3 N–H and O–H groups in total. The topological polar surface area (TPSA) is 64.6 Å². The van der Waals surface area contributed by atoms with Crippen LogP contribution in [0, 0.1) is 5.92 Å². The summed E-state index contributed by atoms with van der Waals surface area (Å²) >= 11 is 0. The highest BCUT2D eigenvalue weighted by Gasteiger charge is 2.59. The molecule has 2 heterocycles. The Kier molecular flexibility index (Phi) is 3.84. The Bertz CT molecular complexity index is 722. The van der Waals surface area contributed by atoms with Gasteiger partial charge in [0.15, 0.2) is 0 Å². The summed E-state index contributed by atoms with van der Waals surface area (Å²) in [5, 5.41) is 10.8. The minimum Gasteiger partial charge on any atom is -0.366 e. The SMILES string of the molecule is O=C1N(CCc2ccccc2)CC2C(c3ccccc3)NNC12O. The average molecular weight is 323 g/mol. The van der Waals surface area contributed by atoms with Crippen LogP contribution in [-0.2, 0) is 11.2 Å². The second kappa shape index (κ2) is 6.02. The van der Waals surface area contributed by atoms with Crippen LogP contribution in [0.15, 0.2) is 60.7 Å². The first kappa shape index (κ1) is 15.3. The van der Waals surface area contributed by atoms with E-state index in [-0.39, 0.29) is 17.9 Å². The molecule has 4 rings (SSSR count). The number of carbonyl (C=O) groups excluding carboxylic acids is 1. The van der Waals surface area contributed by atoms with E-state index in [1.165, 1.54) is 5.56 Å². The van der Waals surface area contributed by atoms with Crippen LogP contribution < -0.4 is 10.9 Å². The normalized spacial score (nSPS) is 29.0. The van der Waals surface area contributed by atoms with Gasteiger partial charge in [-0.15, -0.1) is 0 Å². The third-order valence-electron chi connectivity index (χ3n) is 5.06. The van der Waals surface area contributed by atoms with Crippen LogP contribution in [0.1, 0.15) is 17.2 Å². The highest BCUT2D eigenvalue weighted by Crippen LogP contribution is 2.40. The van der Waals surface area contributed by atoms with E-state index in [9.17, 15) is 9.90 Å². The third-order valence-corrected chi connectivity index (χ3v) is 5.06. The number of hydrogen-bond donors (Lipinski definition) is 3. The number of aliphatic hydroxyl groups is 1. The average Bonchev–Trinajstić information content (AvgIpc) is 3.08. The van der Waals surface area contributed by atoms with Crippen LogP contribution in [0.2, 0.25) is 0 Å². The first-order chi connectivity index (χ1) is 11.7. The smallest absolute Gasteiger partial charge is 0.271 e. The molecule has 24 heavy (non-hydrogen) atoms. The summed E-state index contributed by atoms with van der Waals surface area (Å²) in [5.74, 6) is -0.447. The Morgan fingerprint density at radius 2 is 1.75 bits per heavy atom. The fourth-order valence-electron chi connectivity index (χ4n) is 3.71. The lowest BCUT2D eigenvalue weighted by Gasteiger charge is -2.21. The number of hydrogen-bond acceptors (Lipinski definition) is 4. The number of fused-ring (bicyclic) bond motifs is 1. The van der Waals surface area contributed by atoms with Crippen molar-refractivity contribution >= 4 is 5.91 Å². The van der Waals surface area contributed by atoms with Gasteiger partial charge >= 0.3 is 0 Å². The van der Waals surface area contributed by atoms with E-state index in [0.29, 0.717) is 13.1 Å². The van der Waals surface area contributed by atoms with Crippen LogP contribution in [-0.4, -0.2) is 34.7 Å². The summed E-state index contributed by atoms with van der Waals surface area (Å²) in [7, 11) is 0. The van der Waals surface area contributed by atoms with E-state index >= 15 is 0 Å². The summed E-state index contributed by atoms with van der Waals surface area (Å²) in [6.45, 7) is 1.16. The van der Waals surface area contributed by atoms with Gasteiger partial charge in [0.05, 0.1) is 12.0 Å². The van der Waals surface area contributed by atoms with Gasteiger partial charge in [-0.2, -0.15) is 0 Å². The minimum absolute atomic E-state index is 0.0816. The van der Waals surface area contributed by atoms with Gasteiger partial charge in [0, 0.05) is 13.1 Å². The van der Waals surface area contributed by atoms with Crippen LogP contribution >= 0.6 is 0 Å². The number of nitrogens with zero attached hydrogens (tertiary/aromatic N) is 1. The fraction of sp³-hybridized carbons (Fsp3) is 0.316. The van der Waals surface area contributed by atoms with Gasteiger partial charge in [-0.1, -0.05) is 60.7 Å². The molecule has 2 aromatic rings. The van der Waals surface area contributed by atoms with Gasteiger partial charge in [0.2, 0.25) is 5.72 Å². The number of likely N-dealkylation sites (tertiary alicyclic amines) is 1. The van der Waals surface area contributed by atoms with Crippen molar-refractivity contribution in [2.45, 2.75) is 18.2 Å². The van der Waals surface area contributed by atoms with E-state index in [0.717, 1.165) is 12.0 Å². The van der Waals surface area contributed by atoms with Crippen molar-refractivity contribution < 1.29 is 9.90 Å². The second-order valence-electron chi connectivity index (χ2n) is 6.52. The molecule has 3 atom stereocenters. The predicted octanol–water partition coefficient (Wildman–Crippen LogP) is 1.23. The molecule has 0 radical (unpaired) electrons. The van der Waals surface area contributed by atoms with Gasteiger partial charge in [-0.25, -0.2) is 10.9 Å². The Morgan fingerprint density at radius 1 is 1.08 bits per heavy atom. The van der Waals surface area contributed by atoms with Crippen LogP contribution in [0.5, 0.6) is 0 Å². The number of amides is 1. The van der Waals surface area contributed by atoms with Gasteiger partial charge in [-0.3, -0.25) is 4.79 Å². The van der Waals surface area contributed by atoms with E-state index in [4.69, 9.17) is 0 Å². The minimum atomic E-state index is -1.52. The zero-order chi connectivity index (χ0) is 16.6. The summed E-state index contributed by atoms with van der Waals surface area (Å²) < 4.78 is 0. The number of benzene rings is 2. The van der Waals surface area contributed by atoms with Crippen molar-refractivity contribution in [1.82, 2.24) is 15.8 Å². The van der Waals surface area contributed by atoms with E-state index in [1.54, 1.807) is 4.90 Å². The van der Waals surface area contributed by atoms with Gasteiger partial charge in [-0.05, 0) is 17.5 Å². The van der Waals surface area contributed by atoms with Crippen molar-refractivity contribution in [2.75, 3.05) is 13.1 Å². The largest absolute Gasteiger partial charge is 0.366 e. The maximum absolute atomic E-state index is 12.7. The Labute approximate surface area is 141 Å². The maximum atomic E-state index is 12.7. The lowest BCUT2D eigenvalue weighted by molar-refractivity contribution is -0.147. The molecule has 1 amide bonds. The van der Waals surface area contributed by atoms with Crippen molar-refractivity contribution in [1.29, 1.82) is 0 Å². The molecule has 2 aliphatic rings. The van der Waals surface area contributed by atoms with E-state index in [1.807, 2.05) is 48.5 Å². The third kappa shape index (κ3) is 2.51. The molecule has 5 heteroatoms. The lowest BCUT2D eigenvalue weighted by atomic mass is 9.89. The molecule has 0 bridgehead atoms. The molecule has 124 valence electrons. The van der Waals surface area contributed by atoms with Gasteiger partial charge in [0.25, 0.3) is 5.91 Å². The van der Waals surface area contributed by atoms with Gasteiger partial charge < -0.3 is 10.0 Å². The Balaban J connectivity index is 1.50. The summed E-state index contributed by atoms with van der Waals surface area (Å²) in [5.41, 5.74) is 6.68. The van der Waals surface area contributed by atoms with Gasteiger partial charge in [0.1, 0.15) is 0 Å². The molecule has 2 fully saturated rings. The van der Waals surface area contributed by atoms with Crippen molar-refractivity contribution in [3.05, 3.63) is 71.8 Å². The molecular formula is C19H21N3O2. The number of nitrogens with one attached hydrogen (secondary N) is 2. The molecule has 3 unspecified atom stereocenters. The lowest BCUT2D eigenvalue weighted by Crippen LogP contribution is -2.53. The highest BCUT2D eigenvalue weighted by molar-refractivity contribution is 5.88. The van der Waals surface area contributed by atoms with E-state index in [2.05, 4.69) is 23.0 Å². The molecular weight excluding hydrogens is 302 g/mol. The predicted molar refractivity (Wildman–Crippen MR) is 90.6 cm³/mol. The summed E-state index contributed by atoms with van der Waals surface area (Å²) in [6.07, 6.45) is 0.790. The number of rotatable bonds is 4. The Morgan fingerprint density at radius 3 is 2.46 bits per heavy atom.